The summed E-state index contributed by atoms with van der Waals surface area (Å²) < 4.78 is 53.0. The molecule has 0 aliphatic heterocycles. The molecule has 28 heavy (non-hydrogen) atoms. The Hall–Kier alpha value is -2.74. The molecule has 2 rings (SSSR count). The first-order valence-corrected chi connectivity index (χ1v) is 8.52. The number of hydrogen-bond acceptors (Lipinski definition) is 5. The van der Waals surface area contributed by atoms with Crippen molar-refractivity contribution in [3.8, 4) is 11.5 Å². The molecule has 0 aliphatic rings. The number of ether oxygens (including phenoxy) is 3. The van der Waals surface area contributed by atoms with E-state index in [0.717, 1.165) is 24.3 Å². The van der Waals surface area contributed by atoms with Crippen molar-refractivity contribution in [2.75, 3.05) is 6.61 Å². The molecule has 0 heterocycles. The molecule has 2 aromatic rings. The third-order valence-electron chi connectivity index (χ3n) is 3.48. The fourth-order valence-corrected chi connectivity index (χ4v) is 2.30. The summed E-state index contributed by atoms with van der Waals surface area (Å²) in [5, 5.41) is 0.0563. The molecule has 0 fully saturated rings. The first-order chi connectivity index (χ1) is 13.1. The van der Waals surface area contributed by atoms with Gasteiger partial charge in [-0.1, -0.05) is 11.6 Å². The van der Waals surface area contributed by atoms with Crippen LogP contribution in [0.15, 0.2) is 42.5 Å². The highest BCUT2D eigenvalue weighted by Gasteiger charge is 2.30. The summed E-state index contributed by atoms with van der Waals surface area (Å²) in [7, 11) is 0. The van der Waals surface area contributed by atoms with E-state index in [4.69, 9.17) is 25.8 Å². The van der Waals surface area contributed by atoms with Crippen LogP contribution in [0.25, 0.3) is 0 Å². The van der Waals surface area contributed by atoms with Gasteiger partial charge in [-0.15, -0.1) is 0 Å². The highest BCUT2D eigenvalue weighted by molar-refractivity contribution is 6.33. The van der Waals surface area contributed by atoms with E-state index in [1.54, 1.807) is 6.92 Å². The van der Waals surface area contributed by atoms with E-state index in [0.29, 0.717) is 0 Å². The average Bonchev–Trinajstić information content (AvgIpc) is 2.63. The number of hydrogen-bond donors (Lipinski definition) is 0. The summed E-state index contributed by atoms with van der Waals surface area (Å²) in [5.41, 5.74) is -0.879. The first-order valence-electron chi connectivity index (χ1n) is 8.14. The normalized spacial score (nSPS) is 12.2. The second-order valence-corrected chi connectivity index (χ2v) is 5.97. The standard InChI is InChI=1S/C19H16ClF3O5/c1-3-26-17(24)11(2)27-18(25)15-10-14(8-9-16(15)20)28-13-6-4-12(5-7-13)19(21,22)23/h4-11H,3H2,1-2H3. The minimum absolute atomic E-state index is 0.0563. The van der Waals surface area contributed by atoms with Crippen molar-refractivity contribution < 1.29 is 37.0 Å². The number of rotatable bonds is 6. The van der Waals surface area contributed by atoms with Crippen LogP contribution >= 0.6 is 11.6 Å². The lowest BCUT2D eigenvalue weighted by Gasteiger charge is -2.13. The van der Waals surface area contributed by atoms with E-state index < -0.39 is 29.8 Å². The summed E-state index contributed by atoms with van der Waals surface area (Å²) in [4.78, 5) is 23.8. The van der Waals surface area contributed by atoms with Crippen LogP contribution in [0.4, 0.5) is 13.2 Å². The third-order valence-corrected chi connectivity index (χ3v) is 3.81. The van der Waals surface area contributed by atoms with E-state index in [1.165, 1.54) is 25.1 Å². The predicted molar refractivity (Wildman–Crippen MR) is 94.5 cm³/mol. The van der Waals surface area contributed by atoms with Crippen molar-refractivity contribution in [2.24, 2.45) is 0 Å². The number of carbonyl (C=O) groups is 2. The Balaban J connectivity index is 2.14. The van der Waals surface area contributed by atoms with Gasteiger partial charge >= 0.3 is 18.1 Å². The summed E-state index contributed by atoms with van der Waals surface area (Å²) in [6.45, 7) is 3.11. The number of alkyl halides is 3. The molecule has 1 unspecified atom stereocenters. The Bertz CT molecular complexity index is 850. The van der Waals surface area contributed by atoms with Crippen LogP contribution in [0.1, 0.15) is 29.8 Å². The molecule has 0 saturated carbocycles. The van der Waals surface area contributed by atoms with Gasteiger partial charge in [0.1, 0.15) is 11.5 Å². The van der Waals surface area contributed by atoms with Crippen LogP contribution in [0.2, 0.25) is 5.02 Å². The minimum atomic E-state index is -4.45. The molecule has 0 spiro atoms. The summed E-state index contributed by atoms with van der Waals surface area (Å²) >= 11 is 5.99. The van der Waals surface area contributed by atoms with E-state index in [9.17, 15) is 22.8 Å². The van der Waals surface area contributed by atoms with Crippen LogP contribution < -0.4 is 4.74 Å². The number of halogens is 4. The van der Waals surface area contributed by atoms with Crippen molar-refractivity contribution in [2.45, 2.75) is 26.1 Å². The Labute approximate surface area is 164 Å². The Morgan fingerprint density at radius 3 is 2.25 bits per heavy atom. The van der Waals surface area contributed by atoms with Gasteiger partial charge in [-0.2, -0.15) is 13.2 Å². The predicted octanol–water partition coefficient (Wildman–Crippen LogP) is 5.26. The highest BCUT2D eigenvalue weighted by Crippen LogP contribution is 2.32. The smallest absolute Gasteiger partial charge is 0.416 e. The zero-order chi connectivity index (χ0) is 20.9. The SMILES string of the molecule is CCOC(=O)C(C)OC(=O)c1cc(Oc2ccc(C(F)(F)F)cc2)ccc1Cl. The van der Waals surface area contributed by atoms with Crippen molar-refractivity contribution in [1.29, 1.82) is 0 Å². The number of esters is 2. The van der Waals surface area contributed by atoms with E-state index >= 15 is 0 Å². The van der Waals surface area contributed by atoms with Crippen LogP contribution in [0.3, 0.4) is 0 Å². The van der Waals surface area contributed by atoms with Gasteiger partial charge in [0, 0.05) is 0 Å². The van der Waals surface area contributed by atoms with Gasteiger partial charge in [0.15, 0.2) is 6.10 Å². The Morgan fingerprint density at radius 2 is 1.68 bits per heavy atom. The molecular weight excluding hydrogens is 401 g/mol. The first kappa shape index (κ1) is 21.6. The monoisotopic (exact) mass is 416 g/mol. The molecular formula is C19H16ClF3O5. The van der Waals surface area contributed by atoms with Gasteiger partial charge in [0.05, 0.1) is 22.8 Å². The van der Waals surface area contributed by atoms with E-state index in [2.05, 4.69) is 0 Å². The molecule has 1 atom stereocenters. The highest BCUT2D eigenvalue weighted by atomic mass is 35.5. The molecule has 0 amide bonds. The maximum Gasteiger partial charge on any atom is 0.416 e. The quantitative estimate of drug-likeness (QED) is 0.601. The molecule has 0 N–H and O–H groups in total. The molecule has 150 valence electrons. The van der Waals surface area contributed by atoms with Gasteiger partial charge in [0.25, 0.3) is 0 Å². The maximum absolute atomic E-state index is 12.6. The molecule has 5 nitrogen and oxygen atoms in total. The van der Waals surface area contributed by atoms with Gasteiger partial charge < -0.3 is 14.2 Å². The Morgan fingerprint density at radius 1 is 1.07 bits per heavy atom. The number of carbonyl (C=O) groups excluding carboxylic acids is 2. The second-order valence-electron chi connectivity index (χ2n) is 5.57. The number of benzene rings is 2. The van der Waals surface area contributed by atoms with Crippen LogP contribution in [-0.4, -0.2) is 24.6 Å². The van der Waals surface area contributed by atoms with Crippen molar-refractivity contribution in [3.05, 3.63) is 58.6 Å². The largest absolute Gasteiger partial charge is 0.463 e. The maximum atomic E-state index is 12.6. The summed E-state index contributed by atoms with van der Waals surface area (Å²) in [6.07, 6.45) is -5.59. The average molecular weight is 417 g/mol. The fraction of sp³-hybridized carbons (Fsp3) is 0.263. The van der Waals surface area contributed by atoms with Gasteiger partial charge in [0.2, 0.25) is 0 Å². The minimum Gasteiger partial charge on any atom is -0.463 e. The van der Waals surface area contributed by atoms with Gasteiger partial charge in [-0.3, -0.25) is 0 Å². The summed E-state index contributed by atoms with van der Waals surface area (Å²) in [6, 6.07) is 8.12. The van der Waals surface area contributed by atoms with Crippen molar-refractivity contribution >= 4 is 23.5 Å². The topological polar surface area (TPSA) is 61.8 Å². The summed E-state index contributed by atoms with van der Waals surface area (Å²) in [5.74, 6) is -1.29. The molecule has 9 heteroatoms. The van der Waals surface area contributed by atoms with Crippen LogP contribution in [0, 0.1) is 0 Å². The van der Waals surface area contributed by atoms with Crippen LogP contribution in [0.5, 0.6) is 11.5 Å². The van der Waals surface area contributed by atoms with Crippen molar-refractivity contribution in [1.82, 2.24) is 0 Å². The van der Waals surface area contributed by atoms with Crippen molar-refractivity contribution in [3.63, 3.8) is 0 Å². The van der Waals surface area contributed by atoms with Gasteiger partial charge in [-0.05, 0) is 56.3 Å². The lowest BCUT2D eigenvalue weighted by Crippen LogP contribution is -2.26. The lowest BCUT2D eigenvalue weighted by molar-refractivity contribution is -0.152. The lowest BCUT2D eigenvalue weighted by atomic mass is 10.2. The molecule has 0 radical (unpaired) electrons. The fourth-order valence-electron chi connectivity index (χ4n) is 2.10. The molecule has 2 aromatic carbocycles. The molecule has 0 aromatic heterocycles. The Kier molecular flexibility index (Phi) is 6.90. The zero-order valence-corrected chi connectivity index (χ0v) is 15.6. The van der Waals surface area contributed by atoms with E-state index in [1.807, 2.05) is 0 Å². The van der Waals surface area contributed by atoms with E-state index in [-0.39, 0.29) is 28.7 Å². The molecule has 0 bridgehead atoms. The molecule has 0 aliphatic carbocycles. The van der Waals surface area contributed by atoms with Gasteiger partial charge in [-0.25, -0.2) is 9.59 Å². The zero-order valence-electron chi connectivity index (χ0n) is 14.9. The second kappa shape index (κ2) is 8.97. The molecule has 0 saturated heterocycles. The van der Waals surface area contributed by atoms with Crippen LogP contribution in [-0.2, 0) is 20.4 Å². The third kappa shape index (κ3) is 5.63.